The van der Waals surface area contributed by atoms with E-state index in [1.54, 1.807) is 0 Å². The zero-order valence-corrected chi connectivity index (χ0v) is 7.46. The van der Waals surface area contributed by atoms with E-state index in [2.05, 4.69) is 5.16 Å². The molecule has 0 saturated carbocycles. The molecule has 0 radical (unpaired) electrons. The van der Waals surface area contributed by atoms with Crippen LogP contribution in [0.15, 0.2) is 4.52 Å². The summed E-state index contributed by atoms with van der Waals surface area (Å²) in [5.41, 5.74) is 6.12. The van der Waals surface area contributed by atoms with Gasteiger partial charge in [-0.2, -0.15) is 0 Å². The van der Waals surface area contributed by atoms with E-state index in [4.69, 9.17) is 15.0 Å². The van der Waals surface area contributed by atoms with Crippen LogP contribution in [0.25, 0.3) is 0 Å². The number of nitrogens with two attached hydrogens (primary N) is 1. The fourth-order valence-corrected chi connectivity index (χ4v) is 0.938. The van der Waals surface area contributed by atoms with E-state index in [0.29, 0.717) is 13.2 Å². The molecule has 0 atom stereocenters. The van der Waals surface area contributed by atoms with Crippen molar-refractivity contribution in [2.75, 3.05) is 13.2 Å². The molecular weight excluding hydrogens is 156 g/mol. The molecule has 68 valence electrons. The van der Waals surface area contributed by atoms with Crippen LogP contribution in [0.3, 0.4) is 0 Å². The van der Waals surface area contributed by atoms with Crippen molar-refractivity contribution < 1.29 is 9.26 Å². The maximum absolute atomic E-state index is 5.41. The Bertz CT molecular complexity index is 226. The number of aryl methyl sites for hydroxylation is 2. The van der Waals surface area contributed by atoms with E-state index in [-0.39, 0.29) is 0 Å². The third kappa shape index (κ3) is 1.98. The monoisotopic (exact) mass is 170 g/mol. The van der Waals surface area contributed by atoms with E-state index in [1.807, 2.05) is 13.8 Å². The lowest BCUT2D eigenvalue weighted by molar-refractivity contribution is 0.302. The number of aromatic nitrogens is 1. The zero-order chi connectivity index (χ0) is 8.97. The Morgan fingerprint density at radius 3 is 2.75 bits per heavy atom. The van der Waals surface area contributed by atoms with Crippen LogP contribution in [-0.4, -0.2) is 18.3 Å². The van der Waals surface area contributed by atoms with E-state index in [0.717, 1.165) is 23.6 Å². The van der Waals surface area contributed by atoms with Gasteiger partial charge in [-0.25, -0.2) is 0 Å². The molecule has 1 aromatic rings. The summed E-state index contributed by atoms with van der Waals surface area (Å²) in [4.78, 5) is 0. The third-order valence-corrected chi connectivity index (χ3v) is 1.56. The lowest BCUT2D eigenvalue weighted by atomic mass is 10.3. The molecule has 0 unspecified atom stereocenters. The molecule has 0 aliphatic rings. The lowest BCUT2D eigenvalue weighted by Gasteiger charge is -2.02. The van der Waals surface area contributed by atoms with E-state index < -0.39 is 0 Å². The van der Waals surface area contributed by atoms with E-state index in [1.165, 1.54) is 0 Å². The fraction of sp³-hybridized carbons (Fsp3) is 0.625. The zero-order valence-electron chi connectivity index (χ0n) is 7.46. The SMILES string of the molecule is Cc1noc(C)c1OCCCN. The van der Waals surface area contributed by atoms with Gasteiger partial charge < -0.3 is 15.0 Å². The van der Waals surface area contributed by atoms with Gasteiger partial charge in [-0.15, -0.1) is 0 Å². The smallest absolute Gasteiger partial charge is 0.184 e. The molecule has 1 heterocycles. The van der Waals surface area contributed by atoms with Gasteiger partial charge >= 0.3 is 0 Å². The maximum atomic E-state index is 5.41. The van der Waals surface area contributed by atoms with Gasteiger partial charge in [-0.1, -0.05) is 5.16 Å². The van der Waals surface area contributed by atoms with Crippen molar-refractivity contribution in [2.45, 2.75) is 20.3 Å². The summed E-state index contributed by atoms with van der Waals surface area (Å²) in [6.45, 7) is 4.95. The summed E-state index contributed by atoms with van der Waals surface area (Å²) in [6.07, 6.45) is 0.851. The summed E-state index contributed by atoms with van der Waals surface area (Å²) in [7, 11) is 0. The lowest BCUT2D eigenvalue weighted by Crippen LogP contribution is -2.06. The maximum Gasteiger partial charge on any atom is 0.184 e. The molecule has 0 fully saturated rings. The van der Waals surface area contributed by atoms with E-state index in [9.17, 15) is 0 Å². The Morgan fingerprint density at radius 2 is 2.25 bits per heavy atom. The Morgan fingerprint density at radius 1 is 1.50 bits per heavy atom. The van der Waals surface area contributed by atoms with Crippen molar-refractivity contribution in [1.82, 2.24) is 5.16 Å². The van der Waals surface area contributed by atoms with Crippen molar-refractivity contribution in [3.63, 3.8) is 0 Å². The van der Waals surface area contributed by atoms with Crippen LogP contribution in [0.4, 0.5) is 0 Å². The summed E-state index contributed by atoms with van der Waals surface area (Å²) in [5, 5.41) is 3.76. The van der Waals surface area contributed by atoms with Gasteiger partial charge in [-0.3, -0.25) is 0 Å². The molecule has 1 aromatic heterocycles. The second-order valence-corrected chi connectivity index (χ2v) is 2.64. The largest absolute Gasteiger partial charge is 0.488 e. The highest BCUT2D eigenvalue weighted by atomic mass is 16.5. The first kappa shape index (κ1) is 9.06. The predicted molar refractivity (Wildman–Crippen MR) is 45.1 cm³/mol. The minimum atomic E-state index is 0.624. The number of nitrogens with zero attached hydrogens (tertiary/aromatic N) is 1. The average molecular weight is 170 g/mol. The second-order valence-electron chi connectivity index (χ2n) is 2.64. The van der Waals surface area contributed by atoms with Gasteiger partial charge in [0.1, 0.15) is 5.69 Å². The average Bonchev–Trinajstić information content (AvgIpc) is 2.35. The van der Waals surface area contributed by atoms with Crippen LogP contribution < -0.4 is 10.5 Å². The molecule has 0 spiro atoms. The molecule has 12 heavy (non-hydrogen) atoms. The van der Waals surface area contributed by atoms with Crippen molar-refractivity contribution in [1.29, 1.82) is 0 Å². The molecular formula is C8H14N2O2. The highest BCUT2D eigenvalue weighted by Crippen LogP contribution is 2.21. The summed E-state index contributed by atoms with van der Waals surface area (Å²) < 4.78 is 10.3. The molecule has 2 N–H and O–H groups in total. The highest BCUT2D eigenvalue weighted by Gasteiger charge is 2.08. The fourth-order valence-electron chi connectivity index (χ4n) is 0.938. The Kier molecular flexibility index (Phi) is 3.10. The van der Waals surface area contributed by atoms with Crippen LogP contribution in [-0.2, 0) is 0 Å². The normalized spacial score (nSPS) is 10.2. The van der Waals surface area contributed by atoms with Crippen LogP contribution in [0, 0.1) is 13.8 Å². The number of rotatable bonds is 4. The Balaban J connectivity index is 2.50. The summed E-state index contributed by atoms with van der Waals surface area (Å²) >= 11 is 0. The Hall–Kier alpha value is -1.03. The highest BCUT2D eigenvalue weighted by molar-refractivity contribution is 5.28. The molecule has 4 nitrogen and oxygen atoms in total. The summed E-state index contributed by atoms with van der Waals surface area (Å²) in [5.74, 6) is 1.48. The van der Waals surface area contributed by atoms with Crippen molar-refractivity contribution in [3.05, 3.63) is 11.5 Å². The van der Waals surface area contributed by atoms with Crippen LogP contribution >= 0.6 is 0 Å². The summed E-state index contributed by atoms with van der Waals surface area (Å²) in [6, 6.07) is 0. The number of ether oxygens (including phenoxy) is 1. The van der Waals surface area contributed by atoms with Crippen LogP contribution in [0.2, 0.25) is 0 Å². The van der Waals surface area contributed by atoms with Crippen LogP contribution in [0.1, 0.15) is 17.9 Å². The quantitative estimate of drug-likeness (QED) is 0.685. The van der Waals surface area contributed by atoms with Crippen molar-refractivity contribution in [3.8, 4) is 5.75 Å². The molecule has 0 saturated heterocycles. The minimum absolute atomic E-state index is 0.624. The van der Waals surface area contributed by atoms with Gasteiger partial charge in [0.05, 0.1) is 6.61 Å². The molecule has 4 heteroatoms. The number of hydrogen-bond acceptors (Lipinski definition) is 4. The van der Waals surface area contributed by atoms with Crippen molar-refractivity contribution >= 4 is 0 Å². The molecule has 0 amide bonds. The number of hydrogen-bond donors (Lipinski definition) is 1. The first-order chi connectivity index (χ1) is 5.75. The first-order valence-electron chi connectivity index (χ1n) is 4.01. The Labute approximate surface area is 71.7 Å². The topological polar surface area (TPSA) is 61.3 Å². The molecule has 0 aliphatic carbocycles. The molecule has 1 rings (SSSR count). The van der Waals surface area contributed by atoms with Crippen LogP contribution in [0.5, 0.6) is 5.75 Å². The van der Waals surface area contributed by atoms with Gasteiger partial charge in [-0.05, 0) is 19.9 Å². The standard InChI is InChI=1S/C8H14N2O2/c1-6-8(7(2)12-10-6)11-5-3-4-9/h3-5,9H2,1-2H3. The van der Waals surface area contributed by atoms with E-state index >= 15 is 0 Å². The van der Waals surface area contributed by atoms with Gasteiger partial charge in [0.15, 0.2) is 11.5 Å². The van der Waals surface area contributed by atoms with Crippen molar-refractivity contribution in [2.24, 2.45) is 5.73 Å². The first-order valence-corrected chi connectivity index (χ1v) is 4.01. The molecule has 0 aliphatic heterocycles. The third-order valence-electron chi connectivity index (χ3n) is 1.56. The second kappa shape index (κ2) is 4.11. The predicted octanol–water partition coefficient (Wildman–Crippen LogP) is 1.02. The molecule has 0 aromatic carbocycles. The van der Waals surface area contributed by atoms with Gasteiger partial charge in [0, 0.05) is 6.92 Å². The van der Waals surface area contributed by atoms with Gasteiger partial charge in [0.25, 0.3) is 0 Å². The minimum Gasteiger partial charge on any atom is -0.488 e. The van der Waals surface area contributed by atoms with Gasteiger partial charge in [0.2, 0.25) is 0 Å². The molecule has 0 bridgehead atoms.